The summed E-state index contributed by atoms with van der Waals surface area (Å²) in [6.45, 7) is 1.97. The predicted octanol–water partition coefficient (Wildman–Crippen LogP) is 4.35. The number of imidazole rings is 1. The summed E-state index contributed by atoms with van der Waals surface area (Å²) in [4.78, 5) is 22.4. The van der Waals surface area contributed by atoms with Crippen LogP contribution in [0.1, 0.15) is 39.0 Å². The first-order chi connectivity index (χ1) is 11.6. The summed E-state index contributed by atoms with van der Waals surface area (Å²) < 4.78 is 0. The van der Waals surface area contributed by atoms with Crippen molar-refractivity contribution in [3.8, 4) is 11.3 Å². The molecule has 3 rings (SSSR count). The molecule has 1 saturated carbocycles. The molecule has 2 aromatic rings. The van der Waals surface area contributed by atoms with Crippen LogP contribution in [0, 0.1) is 0 Å². The number of carbonyl (C=O) groups is 1. The van der Waals surface area contributed by atoms with Crippen molar-refractivity contribution < 1.29 is 4.79 Å². The standard InChI is InChI=1S/C19H25N3OS/c1-14(18(23)22(2)16-11-7-4-8-12-16)24-19-20-13-17(21-19)15-9-5-3-6-10-15/h3,5-6,9-10,13-14,16H,4,7-8,11-12H2,1-2H3,(H,20,21)/t14-/m0/s1. The highest BCUT2D eigenvalue weighted by Crippen LogP contribution is 2.27. The van der Waals surface area contributed by atoms with Crippen LogP contribution < -0.4 is 0 Å². The summed E-state index contributed by atoms with van der Waals surface area (Å²) in [6, 6.07) is 10.5. The van der Waals surface area contributed by atoms with Crippen LogP contribution in [0.2, 0.25) is 0 Å². The van der Waals surface area contributed by atoms with E-state index in [1.54, 1.807) is 0 Å². The fourth-order valence-corrected chi connectivity index (χ4v) is 4.16. The van der Waals surface area contributed by atoms with Crippen LogP contribution >= 0.6 is 11.8 Å². The van der Waals surface area contributed by atoms with Gasteiger partial charge in [0.05, 0.1) is 17.1 Å². The van der Waals surface area contributed by atoms with Crippen molar-refractivity contribution in [3.05, 3.63) is 36.5 Å². The zero-order valence-electron chi connectivity index (χ0n) is 14.4. The Kier molecular flexibility index (Phi) is 5.61. The maximum Gasteiger partial charge on any atom is 0.235 e. The van der Waals surface area contributed by atoms with Gasteiger partial charge in [0.15, 0.2) is 5.16 Å². The van der Waals surface area contributed by atoms with Crippen molar-refractivity contribution in [2.75, 3.05) is 7.05 Å². The lowest BCUT2D eigenvalue weighted by molar-refractivity contribution is -0.131. The molecule has 24 heavy (non-hydrogen) atoms. The molecule has 1 N–H and O–H groups in total. The smallest absolute Gasteiger partial charge is 0.235 e. The molecule has 1 fully saturated rings. The molecule has 0 radical (unpaired) electrons. The summed E-state index contributed by atoms with van der Waals surface area (Å²) >= 11 is 1.50. The summed E-state index contributed by atoms with van der Waals surface area (Å²) in [5, 5.41) is 0.665. The van der Waals surface area contributed by atoms with Crippen LogP contribution in [0.3, 0.4) is 0 Å². The van der Waals surface area contributed by atoms with E-state index in [-0.39, 0.29) is 11.2 Å². The van der Waals surface area contributed by atoms with E-state index in [0.29, 0.717) is 6.04 Å². The van der Waals surface area contributed by atoms with Gasteiger partial charge in [-0.3, -0.25) is 4.79 Å². The second kappa shape index (κ2) is 7.88. The van der Waals surface area contributed by atoms with Gasteiger partial charge in [-0.05, 0) is 25.3 Å². The Labute approximate surface area is 148 Å². The van der Waals surface area contributed by atoms with Gasteiger partial charge in [-0.1, -0.05) is 61.4 Å². The van der Waals surface area contributed by atoms with E-state index in [0.717, 1.165) is 29.3 Å². The molecule has 0 unspecified atom stereocenters. The van der Waals surface area contributed by atoms with Gasteiger partial charge in [0.1, 0.15) is 0 Å². The molecule has 1 atom stereocenters. The van der Waals surface area contributed by atoms with E-state index in [1.807, 2.05) is 55.4 Å². The van der Waals surface area contributed by atoms with Crippen molar-refractivity contribution in [1.82, 2.24) is 14.9 Å². The van der Waals surface area contributed by atoms with Crippen molar-refractivity contribution in [1.29, 1.82) is 0 Å². The van der Waals surface area contributed by atoms with Crippen LogP contribution in [0.5, 0.6) is 0 Å². The fraction of sp³-hybridized carbons (Fsp3) is 0.474. The second-order valence-corrected chi connectivity index (χ2v) is 7.80. The molecule has 128 valence electrons. The molecule has 1 heterocycles. The number of aromatic amines is 1. The van der Waals surface area contributed by atoms with Gasteiger partial charge in [-0.25, -0.2) is 4.98 Å². The van der Waals surface area contributed by atoms with Crippen LogP contribution in [-0.4, -0.2) is 39.1 Å². The summed E-state index contributed by atoms with van der Waals surface area (Å²) in [5.74, 6) is 0.199. The molecule has 0 saturated heterocycles. The Bertz CT molecular complexity index is 664. The zero-order valence-corrected chi connectivity index (χ0v) is 15.2. The van der Waals surface area contributed by atoms with E-state index in [4.69, 9.17) is 0 Å². The molecule has 0 spiro atoms. The number of hydrogen-bond acceptors (Lipinski definition) is 3. The average molecular weight is 343 g/mol. The molecule has 1 aliphatic rings. The number of nitrogens with one attached hydrogen (secondary N) is 1. The largest absolute Gasteiger partial charge is 0.342 e. The number of amides is 1. The normalized spacial score (nSPS) is 16.8. The van der Waals surface area contributed by atoms with E-state index in [9.17, 15) is 4.79 Å². The van der Waals surface area contributed by atoms with E-state index >= 15 is 0 Å². The highest BCUT2D eigenvalue weighted by Gasteiger charge is 2.26. The molecule has 0 aliphatic heterocycles. The third kappa shape index (κ3) is 4.01. The molecule has 1 amide bonds. The quantitative estimate of drug-likeness (QED) is 0.821. The highest BCUT2D eigenvalue weighted by molar-refractivity contribution is 8.00. The Balaban J connectivity index is 1.61. The first-order valence-electron chi connectivity index (χ1n) is 8.69. The van der Waals surface area contributed by atoms with Gasteiger partial charge in [0.2, 0.25) is 5.91 Å². The Morgan fingerprint density at radius 1 is 1.25 bits per heavy atom. The van der Waals surface area contributed by atoms with Gasteiger partial charge in [0, 0.05) is 13.1 Å². The molecule has 5 heteroatoms. The number of thioether (sulfide) groups is 1. The minimum absolute atomic E-state index is 0.133. The first-order valence-corrected chi connectivity index (χ1v) is 9.57. The number of carbonyl (C=O) groups excluding carboxylic acids is 1. The zero-order chi connectivity index (χ0) is 16.9. The monoisotopic (exact) mass is 343 g/mol. The van der Waals surface area contributed by atoms with Crippen LogP contribution in [0.25, 0.3) is 11.3 Å². The van der Waals surface area contributed by atoms with Gasteiger partial charge >= 0.3 is 0 Å². The third-order valence-corrected chi connectivity index (χ3v) is 5.73. The number of H-pyrrole nitrogens is 1. The van der Waals surface area contributed by atoms with Crippen LogP contribution in [-0.2, 0) is 4.79 Å². The Hall–Kier alpha value is -1.75. The maximum atomic E-state index is 12.7. The average Bonchev–Trinajstić information content (AvgIpc) is 3.10. The molecule has 4 nitrogen and oxygen atoms in total. The SMILES string of the molecule is C[C@H](Sc1ncc(-c2ccccc2)[nH]1)C(=O)N(C)C1CCCCC1. The van der Waals surface area contributed by atoms with Gasteiger partial charge in [-0.2, -0.15) is 0 Å². The topological polar surface area (TPSA) is 49.0 Å². The minimum atomic E-state index is -0.133. The minimum Gasteiger partial charge on any atom is -0.342 e. The number of hydrogen-bond donors (Lipinski definition) is 1. The van der Waals surface area contributed by atoms with Crippen molar-refractivity contribution in [3.63, 3.8) is 0 Å². The Morgan fingerprint density at radius 3 is 2.67 bits per heavy atom. The molecule has 0 bridgehead atoms. The number of aromatic nitrogens is 2. The van der Waals surface area contributed by atoms with Crippen molar-refractivity contribution in [2.24, 2.45) is 0 Å². The van der Waals surface area contributed by atoms with Crippen molar-refractivity contribution in [2.45, 2.75) is 55.5 Å². The molecular formula is C19H25N3OS. The molecule has 1 aromatic carbocycles. The fourth-order valence-electron chi connectivity index (χ4n) is 3.28. The molecule has 1 aromatic heterocycles. The third-order valence-electron chi connectivity index (χ3n) is 4.74. The number of rotatable bonds is 5. The summed E-state index contributed by atoms with van der Waals surface area (Å²) in [6.07, 6.45) is 7.89. The summed E-state index contributed by atoms with van der Waals surface area (Å²) in [7, 11) is 1.95. The highest BCUT2D eigenvalue weighted by atomic mass is 32.2. The van der Waals surface area contributed by atoms with Gasteiger partial charge in [-0.15, -0.1) is 0 Å². The van der Waals surface area contributed by atoms with Gasteiger partial charge < -0.3 is 9.88 Å². The van der Waals surface area contributed by atoms with E-state index in [2.05, 4.69) is 9.97 Å². The lowest BCUT2D eigenvalue weighted by Gasteiger charge is -2.32. The lowest BCUT2D eigenvalue weighted by atomic mass is 9.94. The Morgan fingerprint density at radius 2 is 1.96 bits per heavy atom. The van der Waals surface area contributed by atoms with Crippen LogP contribution in [0.15, 0.2) is 41.7 Å². The number of benzene rings is 1. The second-order valence-electron chi connectivity index (χ2n) is 6.47. The number of nitrogens with zero attached hydrogens (tertiary/aromatic N) is 2. The van der Waals surface area contributed by atoms with Crippen molar-refractivity contribution >= 4 is 17.7 Å². The summed E-state index contributed by atoms with van der Waals surface area (Å²) in [5.41, 5.74) is 2.09. The molecular weight excluding hydrogens is 318 g/mol. The van der Waals surface area contributed by atoms with E-state index < -0.39 is 0 Å². The molecule has 1 aliphatic carbocycles. The van der Waals surface area contributed by atoms with Crippen LogP contribution in [0.4, 0.5) is 0 Å². The lowest BCUT2D eigenvalue weighted by Crippen LogP contribution is -2.42. The first kappa shape index (κ1) is 17.1. The van der Waals surface area contributed by atoms with E-state index in [1.165, 1.54) is 31.0 Å². The van der Waals surface area contributed by atoms with Gasteiger partial charge in [0.25, 0.3) is 0 Å². The predicted molar refractivity (Wildman–Crippen MR) is 99.0 cm³/mol. The maximum absolute atomic E-state index is 12.7.